The zero-order valence-electron chi connectivity index (χ0n) is 19.7. The van der Waals surface area contributed by atoms with Crippen LogP contribution < -0.4 is 14.5 Å². The summed E-state index contributed by atoms with van der Waals surface area (Å²) >= 11 is 0. The van der Waals surface area contributed by atoms with Crippen LogP contribution in [0.2, 0.25) is 0 Å². The highest BCUT2D eigenvalue weighted by molar-refractivity contribution is 5.97. The Morgan fingerprint density at radius 3 is 2.26 bits per heavy atom. The summed E-state index contributed by atoms with van der Waals surface area (Å²) in [4.78, 5) is 29.4. The number of carbonyl (C=O) groups excluding carboxylic acids is 1. The number of carbonyl (C=O) groups is 1. The molecule has 2 aliphatic rings. The first-order valence-corrected chi connectivity index (χ1v) is 12.1. The van der Waals surface area contributed by atoms with E-state index in [1.54, 1.807) is 0 Å². The number of piperidine rings is 1. The van der Waals surface area contributed by atoms with Crippen molar-refractivity contribution in [1.82, 2.24) is 14.9 Å². The van der Waals surface area contributed by atoms with Crippen molar-refractivity contribution in [1.29, 1.82) is 0 Å². The van der Waals surface area contributed by atoms with Crippen molar-refractivity contribution in [2.24, 2.45) is 0 Å². The number of aromatic nitrogens is 2. The molecule has 34 heavy (non-hydrogen) atoms. The van der Waals surface area contributed by atoms with Crippen molar-refractivity contribution >= 4 is 17.7 Å². The van der Waals surface area contributed by atoms with Crippen LogP contribution in [-0.4, -0.2) is 60.0 Å². The third-order valence-corrected chi connectivity index (χ3v) is 6.45. The van der Waals surface area contributed by atoms with Crippen LogP contribution in [0.3, 0.4) is 0 Å². The fourth-order valence-electron chi connectivity index (χ4n) is 4.59. The van der Waals surface area contributed by atoms with Crippen LogP contribution in [0.4, 0.5) is 11.8 Å². The van der Waals surface area contributed by atoms with Gasteiger partial charge in [0.15, 0.2) is 0 Å². The van der Waals surface area contributed by atoms with E-state index >= 15 is 0 Å². The molecule has 0 atom stereocenters. The minimum absolute atomic E-state index is 0.000875. The molecule has 0 radical (unpaired) electrons. The molecule has 3 aromatic rings. The normalized spacial score (nSPS) is 16.4. The van der Waals surface area contributed by atoms with Crippen molar-refractivity contribution in [3.05, 3.63) is 71.9 Å². The Hall–Kier alpha value is -3.61. The molecule has 0 saturated carbocycles. The quantitative estimate of drug-likeness (QED) is 0.561. The zero-order valence-corrected chi connectivity index (χ0v) is 19.7. The molecule has 1 aromatic heterocycles. The lowest BCUT2D eigenvalue weighted by molar-refractivity contribution is 0.0744. The van der Waals surface area contributed by atoms with E-state index in [2.05, 4.69) is 14.8 Å². The molecular weight excluding hydrogens is 426 g/mol. The lowest BCUT2D eigenvalue weighted by Crippen LogP contribution is -2.49. The molecule has 7 nitrogen and oxygen atoms in total. The average Bonchev–Trinajstić information content (AvgIpc) is 2.89. The number of rotatable bonds is 5. The summed E-state index contributed by atoms with van der Waals surface area (Å²) in [6.07, 6.45) is 3.68. The minimum atomic E-state index is -0.000875. The first-order chi connectivity index (χ1) is 16.7. The molecule has 0 unspecified atom stereocenters. The van der Waals surface area contributed by atoms with E-state index in [0.717, 1.165) is 49.4 Å². The van der Waals surface area contributed by atoms with Gasteiger partial charge in [0.1, 0.15) is 17.3 Å². The Morgan fingerprint density at radius 1 is 0.794 bits per heavy atom. The summed E-state index contributed by atoms with van der Waals surface area (Å²) in [7, 11) is 0. The van der Waals surface area contributed by atoms with Gasteiger partial charge < -0.3 is 19.4 Å². The first-order valence-electron chi connectivity index (χ1n) is 12.1. The van der Waals surface area contributed by atoms with Gasteiger partial charge in [0, 0.05) is 51.0 Å². The van der Waals surface area contributed by atoms with E-state index in [1.807, 2.05) is 72.5 Å². The monoisotopic (exact) mass is 457 g/mol. The Kier molecular flexibility index (Phi) is 6.60. The summed E-state index contributed by atoms with van der Waals surface area (Å²) in [5, 5.41) is 0. The van der Waals surface area contributed by atoms with Crippen molar-refractivity contribution in [3.63, 3.8) is 0 Å². The molecule has 2 aliphatic heterocycles. The number of anilines is 2. The van der Waals surface area contributed by atoms with Gasteiger partial charge >= 0.3 is 0 Å². The standard InChI is InChI=1S/C27H31N5O2/c1-21-20-25(29-27(28-21)32-14-8-3-9-15-32)30-16-18-31(19-17-30)26(33)23-12-6-7-13-24(23)34-22-10-4-2-5-11-22/h2,4-7,10-13,20H,3,8-9,14-19H2,1H3. The van der Waals surface area contributed by atoms with E-state index in [0.29, 0.717) is 24.4 Å². The highest BCUT2D eigenvalue weighted by Crippen LogP contribution is 2.27. The SMILES string of the molecule is Cc1cc(N2CCN(C(=O)c3ccccc3Oc3ccccc3)CC2)nc(N2CCCCC2)n1. The number of para-hydroxylation sites is 2. The fourth-order valence-corrected chi connectivity index (χ4v) is 4.59. The highest BCUT2D eigenvalue weighted by Gasteiger charge is 2.26. The van der Waals surface area contributed by atoms with E-state index in [4.69, 9.17) is 9.72 Å². The summed E-state index contributed by atoms with van der Waals surface area (Å²) in [6, 6.07) is 19.1. The van der Waals surface area contributed by atoms with Crippen molar-refractivity contribution in [2.75, 3.05) is 49.1 Å². The third kappa shape index (κ3) is 4.98. The van der Waals surface area contributed by atoms with E-state index in [9.17, 15) is 4.79 Å². The van der Waals surface area contributed by atoms with Gasteiger partial charge in [-0.25, -0.2) is 4.98 Å². The lowest BCUT2D eigenvalue weighted by Gasteiger charge is -2.36. The minimum Gasteiger partial charge on any atom is -0.457 e. The smallest absolute Gasteiger partial charge is 0.257 e. The molecule has 7 heteroatoms. The van der Waals surface area contributed by atoms with E-state index < -0.39 is 0 Å². The number of nitrogens with zero attached hydrogens (tertiary/aromatic N) is 5. The second kappa shape index (κ2) is 10.1. The van der Waals surface area contributed by atoms with Gasteiger partial charge in [0.25, 0.3) is 5.91 Å². The average molecular weight is 458 g/mol. The molecule has 0 spiro atoms. The van der Waals surface area contributed by atoms with Gasteiger partial charge in [-0.15, -0.1) is 0 Å². The largest absolute Gasteiger partial charge is 0.457 e. The molecule has 1 amide bonds. The van der Waals surface area contributed by atoms with Crippen LogP contribution in [0.1, 0.15) is 35.3 Å². The summed E-state index contributed by atoms with van der Waals surface area (Å²) in [6.45, 7) is 6.83. The fraction of sp³-hybridized carbons (Fsp3) is 0.370. The lowest BCUT2D eigenvalue weighted by atomic mass is 10.1. The second-order valence-corrected chi connectivity index (χ2v) is 8.91. The van der Waals surface area contributed by atoms with Crippen LogP contribution in [-0.2, 0) is 0 Å². The molecule has 3 heterocycles. The number of aryl methyl sites for hydroxylation is 1. The molecule has 2 saturated heterocycles. The Balaban J connectivity index is 1.26. The maximum absolute atomic E-state index is 13.4. The van der Waals surface area contributed by atoms with Gasteiger partial charge in [-0.05, 0) is 50.5 Å². The third-order valence-electron chi connectivity index (χ3n) is 6.45. The van der Waals surface area contributed by atoms with E-state index in [-0.39, 0.29) is 5.91 Å². The number of hydrogen-bond acceptors (Lipinski definition) is 6. The van der Waals surface area contributed by atoms with Crippen molar-refractivity contribution < 1.29 is 9.53 Å². The highest BCUT2D eigenvalue weighted by atomic mass is 16.5. The number of piperazine rings is 1. The van der Waals surface area contributed by atoms with Crippen LogP contribution in [0.25, 0.3) is 0 Å². The number of benzene rings is 2. The van der Waals surface area contributed by atoms with Crippen LogP contribution in [0, 0.1) is 6.92 Å². The predicted octanol–water partition coefficient (Wildman–Crippen LogP) is 4.53. The first kappa shape index (κ1) is 22.2. The van der Waals surface area contributed by atoms with Gasteiger partial charge in [-0.2, -0.15) is 4.98 Å². The molecule has 2 fully saturated rings. The summed E-state index contributed by atoms with van der Waals surface area (Å²) in [5.74, 6) is 3.09. The molecule has 0 aliphatic carbocycles. The second-order valence-electron chi connectivity index (χ2n) is 8.91. The summed E-state index contributed by atoms with van der Waals surface area (Å²) in [5.41, 5.74) is 1.57. The van der Waals surface area contributed by atoms with Crippen LogP contribution in [0.5, 0.6) is 11.5 Å². The summed E-state index contributed by atoms with van der Waals surface area (Å²) < 4.78 is 6.02. The van der Waals surface area contributed by atoms with Gasteiger partial charge in [0.2, 0.25) is 5.95 Å². The Labute approximate surface area is 201 Å². The van der Waals surface area contributed by atoms with Crippen molar-refractivity contribution in [3.8, 4) is 11.5 Å². The maximum Gasteiger partial charge on any atom is 0.257 e. The molecule has 0 bridgehead atoms. The molecular formula is C27H31N5O2. The van der Waals surface area contributed by atoms with Crippen LogP contribution >= 0.6 is 0 Å². The van der Waals surface area contributed by atoms with Gasteiger partial charge in [0.05, 0.1) is 5.56 Å². The molecule has 0 N–H and O–H groups in total. The molecule has 176 valence electrons. The number of ether oxygens (including phenoxy) is 1. The van der Waals surface area contributed by atoms with Crippen LogP contribution in [0.15, 0.2) is 60.7 Å². The molecule has 5 rings (SSSR count). The van der Waals surface area contributed by atoms with Crippen molar-refractivity contribution in [2.45, 2.75) is 26.2 Å². The number of hydrogen-bond donors (Lipinski definition) is 0. The number of amides is 1. The van der Waals surface area contributed by atoms with Gasteiger partial charge in [-0.1, -0.05) is 30.3 Å². The predicted molar refractivity (Wildman–Crippen MR) is 134 cm³/mol. The Bertz CT molecular complexity index is 1120. The van der Waals surface area contributed by atoms with Gasteiger partial charge in [-0.3, -0.25) is 4.79 Å². The topological polar surface area (TPSA) is 61.8 Å². The Morgan fingerprint density at radius 2 is 1.50 bits per heavy atom. The molecule has 2 aromatic carbocycles. The maximum atomic E-state index is 13.4. The zero-order chi connectivity index (χ0) is 23.3. The van der Waals surface area contributed by atoms with E-state index in [1.165, 1.54) is 19.3 Å².